The molecular formula is C73H142O17P2. The number of esters is 4. The third kappa shape index (κ3) is 65.4. The Morgan fingerprint density at radius 2 is 0.554 bits per heavy atom. The first-order chi connectivity index (χ1) is 44.3. The summed E-state index contributed by atoms with van der Waals surface area (Å²) in [6, 6.07) is 0. The van der Waals surface area contributed by atoms with Crippen molar-refractivity contribution in [2.24, 2.45) is 17.8 Å². The minimum atomic E-state index is -4.95. The molecule has 0 aromatic rings. The predicted molar refractivity (Wildman–Crippen MR) is 372 cm³/mol. The van der Waals surface area contributed by atoms with Gasteiger partial charge in [-0.1, -0.05) is 318 Å². The predicted octanol–water partition coefficient (Wildman–Crippen LogP) is 21.0. The SMILES string of the molecule is CCCCCCCCCCCCCCC(=O)O[C@H](COC(=O)CCCCCCCCCC(C)C)COP(=O)(O)OC[C@H](O)COP(=O)(O)OC[C@@H](COC(=O)CCCCCCCCCCC(C)CC)OC(=O)CCCCCCCCCCCCCCCCCC(C)C. The van der Waals surface area contributed by atoms with Crippen molar-refractivity contribution in [2.75, 3.05) is 39.6 Å². The van der Waals surface area contributed by atoms with E-state index < -0.39 is 97.5 Å². The van der Waals surface area contributed by atoms with Gasteiger partial charge in [0.1, 0.15) is 19.3 Å². The maximum absolute atomic E-state index is 13.1. The van der Waals surface area contributed by atoms with Crippen LogP contribution in [0.1, 0.15) is 370 Å². The van der Waals surface area contributed by atoms with Gasteiger partial charge in [0.05, 0.1) is 26.4 Å². The van der Waals surface area contributed by atoms with E-state index in [-0.39, 0.29) is 25.7 Å². The molecule has 17 nitrogen and oxygen atoms in total. The van der Waals surface area contributed by atoms with E-state index in [0.29, 0.717) is 31.6 Å². The Hall–Kier alpha value is -1.94. The second kappa shape index (κ2) is 63.8. The van der Waals surface area contributed by atoms with Gasteiger partial charge in [-0.25, -0.2) is 9.13 Å². The average molecular weight is 1350 g/mol. The van der Waals surface area contributed by atoms with Crippen LogP contribution in [0.5, 0.6) is 0 Å². The van der Waals surface area contributed by atoms with Crippen molar-refractivity contribution in [1.82, 2.24) is 0 Å². The summed E-state index contributed by atoms with van der Waals surface area (Å²) in [5, 5.41) is 10.6. The molecule has 19 heteroatoms. The second-order valence-electron chi connectivity index (χ2n) is 27.5. The molecule has 546 valence electrons. The highest BCUT2D eigenvalue weighted by atomic mass is 31.2. The molecule has 0 radical (unpaired) electrons. The highest BCUT2D eigenvalue weighted by Crippen LogP contribution is 2.45. The largest absolute Gasteiger partial charge is 0.472 e. The molecule has 0 aromatic heterocycles. The molecule has 0 rings (SSSR count). The molecule has 0 aromatic carbocycles. The molecule has 0 bridgehead atoms. The van der Waals surface area contributed by atoms with Crippen LogP contribution in [-0.4, -0.2) is 96.7 Å². The molecule has 0 aliphatic heterocycles. The monoisotopic (exact) mass is 1350 g/mol. The zero-order chi connectivity index (χ0) is 68.0. The van der Waals surface area contributed by atoms with Gasteiger partial charge in [-0.15, -0.1) is 0 Å². The molecular weight excluding hydrogens is 1210 g/mol. The minimum absolute atomic E-state index is 0.106. The Morgan fingerprint density at radius 3 is 0.826 bits per heavy atom. The lowest BCUT2D eigenvalue weighted by molar-refractivity contribution is -0.161. The average Bonchev–Trinajstić information content (AvgIpc) is 3.25. The van der Waals surface area contributed by atoms with E-state index in [0.717, 1.165) is 108 Å². The summed E-state index contributed by atoms with van der Waals surface area (Å²) >= 11 is 0. The molecule has 3 unspecified atom stereocenters. The molecule has 3 N–H and O–H groups in total. The fourth-order valence-electron chi connectivity index (χ4n) is 11.0. The maximum Gasteiger partial charge on any atom is 0.472 e. The van der Waals surface area contributed by atoms with Crippen molar-refractivity contribution in [1.29, 1.82) is 0 Å². The molecule has 0 saturated carbocycles. The Labute approximate surface area is 562 Å². The number of carbonyl (C=O) groups is 4. The summed E-state index contributed by atoms with van der Waals surface area (Å²) in [6.45, 7) is 11.8. The van der Waals surface area contributed by atoms with Gasteiger partial charge in [0.25, 0.3) is 0 Å². The smallest absolute Gasteiger partial charge is 0.462 e. The molecule has 0 heterocycles. The van der Waals surface area contributed by atoms with Gasteiger partial charge >= 0.3 is 39.5 Å². The Kier molecular flexibility index (Phi) is 62.4. The van der Waals surface area contributed by atoms with Crippen molar-refractivity contribution < 1.29 is 80.2 Å². The van der Waals surface area contributed by atoms with Crippen molar-refractivity contribution in [3.05, 3.63) is 0 Å². The number of rotatable bonds is 71. The number of carbonyl (C=O) groups excluding carboxylic acids is 4. The van der Waals surface area contributed by atoms with Crippen molar-refractivity contribution >= 4 is 39.5 Å². The third-order valence-electron chi connectivity index (χ3n) is 17.2. The van der Waals surface area contributed by atoms with E-state index in [2.05, 4.69) is 48.5 Å². The van der Waals surface area contributed by atoms with E-state index in [4.69, 9.17) is 37.0 Å². The lowest BCUT2D eigenvalue weighted by atomic mass is 9.99. The Balaban J connectivity index is 5.24. The molecule has 6 atom stereocenters. The lowest BCUT2D eigenvalue weighted by Gasteiger charge is -2.21. The first-order valence-corrected chi connectivity index (χ1v) is 40.9. The summed E-state index contributed by atoms with van der Waals surface area (Å²) in [5.41, 5.74) is 0. The quantitative estimate of drug-likeness (QED) is 0.0222. The van der Waals surface area contributed by atoms with Gasteiger partial charge in [-0.2, -0.15) is 0 Å². The van der Waals surface area contributed by atoms with Crippen LogP contribution in [-0.2, 0) is 65.4 Å². The molecule has 0 saturated heterocycles. The van der Waals surface area contributed by atoms with E-state index in [1.54, 1.807) is 0 Å². The van der Waals surface area contributed by atoms with Crippen LogP contribution >= 0.6 is 15.6 Å². The topological polar surface area (TPSA) is 237 Å². The van der Waals surface area contributed by atoms with Gasteiger partial charge in [0.2, 0.25) is 0 Å². The van der Waals surface area contributed by atoms with Crippen molar-refractivity contribution in [2.45, 2.75) is 388 Å². The third-order valence-corrected chi connectivity index (χ3v) is 19.1. The Morgan fingerprint density at radius 1 is 0.315 bits per heavy atom. The number of hydrogen-bond donors (Lipinski definition) is 3. The standard InChI is InChI=1S/C73H142O17P2/c1-8-10-11-12-13-14-15-22-25-34-42-49-56-72(77)90-69(61-84-71(76)55-48-41-36-29-31-38-45-52-65(5)6)63-88-92(81,82)86-59-67(74)58-85-91(79,80)87-62-68(60-83-70(75)54-47-40-33-28-27-32-39-46-53-66(7)9-2)89-73(78)57-50-43-35-26-23-20-18-16-17-19-21-24-30-37-44-51-64(3)4/h64-69,74H,8-63H2,1-7H3,(H,79,80)(H,81,82)/t66?,67-,68-,69-/m1/s1. The number of hydrogen-bond acceptors (Lipinski definition) is 15. The van der Waals surface area contributed by atoms with Crippen LogP contribution in [0.4, 0.5) is 0 Å². The van der Waals surface area contributed by atoms with Crippen LogP contribution in [0.3, 0.4) is 0 Å². The van der Waals surface area contributed by atoms with Gasteiger partial charge in [0, 0.05) is 25.7 Å². The van der Waals surface area contributed by atoms with Crippen LogP contribution in [0, 0.1) is 17.8 Å². The highest BCUT2D eigenvalue weighted by molar-refractivity contribution is 7.47. The molecule has 0 aliphatic rings. The van der Waals surface area contributed by atoms with E-state index in [9.17, 15) is 43.2 Å². The van der Waals surface area contributed by atoms with E-state index in [1.807, 2.05) is 0 Å². The normalized spacial score (nSPS) is 14.4. The van der Waals surface area contributed by atoms with Gasteiger partial charge < -0.3 is 33.8 Å². The van der Waals surface area contributed by atoms with E-state index in [1.165, 1.54) is 173 Å². The zero-order valence-corrected chi connectivity index (χ0v) is 61.8. The fraction of sp³-hybridized carbons (Fsp3) is 0.945. The van der Waals surface area contributed by atoms with Crippen LogP contribution in [0.25, 0.3) is 0 Å². The summed E-state index contributed by atoms with van der Waals surface area (Å²) in [7, 11) is -9.91. The molecule has 0 fully saturated rings. The number of phosphoric ester groups is 2. The molecule has 92 heavy (non-hydrogen) atoms. The minimum Gasteiger partial charge on any atom is -0.462 e. The summed E-state index contributed by atoms with van der Waals surface area (Å²) in [5.74, 6) is 0.163. The van der Waals surface area contributed by atoms with Crippen LogP contribution in [0.15, 0.2) is 0 Å². The van der Waals surface area contributed by atoms with Crippen LogP contribution < -0.4 is 0 Å². The van der Waals surface area contributed by atoms with Gasteiger partial charge in [0.15, 0.2) is 12.2 Å². The fourth-order valence-corrected chi connectivity index (χ4v) is 12.6. The maximum atomic E-state index is 13.1. The summed E-state index contributed by atoms with van der Waals surface area (Å²) < 4.78 is 68.4. The number of ether oxygens (including phenoxy) is 4. The molecule has 0 spiro atoms. The number of phosphoric acid groups is 2. The number of aliphatic hydroxyl groups excluding tert-OH is 1. The first-order valence-electron chi connectivity index (χ1n) is 37.9. The van der Waals surface area contributed by atoms with Crippen LogP contribution in [0.2, 0.25) is 0 Å². The summed E-state index contributed by atoms with van der Waals surface area (Å²) in [4.78, 5) is 72.7. The Bertz CT molecular complexity index is 1800. The molecule has 0 aliphatic carbocycles. The van der Waals surface area contributed by atoms with Crippen molar-refractivity contribution in [3.8, 4) is 0 Å². The van der Waals surface area contributed by atoms with Gasteiger partial charge in [-0.05, 0) is 43.4 Å². The lowest BCUT2D eigenvalue weighted by Crippen LogP contribution is -2.30. The highest BCUT2D eigenvalue weighted by Gasteiger charge is 2.30. The number of aliphatic hydroxyl groups is 1. The molecule has 0 amide bonds. The van der Waals surface area contributed by atoms with E-state index >= 15 is 0 Å². The summed E-state index contributed by atoms with van der Waals surface area (Å²) in [6.07, 6.45) is 48.5. The zero-order valence-electron chi connectivity index (χ0n) is 60.0. The van der Waals surface area contributed by atoms with Crippen molar-refractivity contribution in [3.63, 3.8) is 0 Å². The second-order valence-corrected chi connectivity index (χ2v) is 30.4. The van der Waals surface area contributed by atoms with Gasteiger partial charge in [-0.3, -0.25) is 37.3 Å². The first kappa shape index (κ1) is 90.1. The number of unbranched alkanes of at least 4 members (excludes halogenated alkanes) is 38.